The van der Waals surface area contributed by atoms with Crippen molar-refractivity contribution in [3.8, 4) is 5.75 Å². The summed E-state index contributed by atoms with van der Waals surface area (Å²) >= 11 is 0. The first kappa shape index (κ1) is 16.2. The molecule has 1 atom stereocenters. The Morgan fingerprint density at radius 3 is 2.43 bits per heavy atom. The third-order valence-electron chi connectivity index (χ3n) is 3.78. The molecular formula is C13H14F3N3O3S. The van der Waals surface area contributed by atoms with Crippen LogP contribution < -0.4 is 9.46 Å². The Balaban J connectivity index is 1.67. The fourth-order valence-corrected chi connectivity index (χ4v) is 3.96. The topological polar surface area (TPSA) is 80.1 Å². The summed E-state index contributed by atoms with van der Waals surface area (Å²) in [5, 5.41) is 7.92. The lowest BCUT2D eigenvalue weighted by Crippen LogP contribution is -2.40. The summed E-state index contributed by atoms with van der Waals surface area (Å²) in [6, 6.07) is 3.81. The van der Waals surface area contributed by atoms with Gasteiger partial charge in [0.15, 0.2) is 5.66 Å². The van der Waals surface area contributed by atoms with E-state index in [-0.39, 0.29) is 10.9 Å². The minimum atomic E-state index is -4.81. The van der Waals surface area contributed by atoms with Gasteiger partial charge in [-0.25, -0.2) is 13.1 Å². The third-order valence-corrected chi connectivity index (χ3v) is 5.31. The second-order valence-corrected chi connectivity index (χ2v) is 7.33. The van der Waals surface area contributed by atoms with Gasteiger partial charge >= 0.3 is 6.36 Å². The molecule has 1 aromatic carbocycles. The van der Waals surface area contributed by atoms with Crippen LogP contribution in [0.5, 0.6) is 5.75 Å². The van der Waals surface area contributed by atoms with Crippen molar-refractivity contribution >= 4 is 10.0 Å². The van der Waals surface area contributed by atoms with Crippen molar-refractivity contribution in [3.05, 3.63) is 24.3 Å². The van der Waals surface area contributed by atoms with E-state index in [2.05, 4.69) is 19.7 Å². The van der Waals surface area contributed by atoms with Crippen molar-refractivity contribution in [2.24, 2.45) is 10.2 Å². The fourth-order valence-electron chi connectivity index (χ4n) is 2.69. The molecule has 1 N–H and O–H groups in total. The highest BCUT2D eigenvalue weighted by Gasteiger charge is 2.45. The van der Waals surface area contributed by atoms with Gasteiger partial charge in [0.25, 0.3) is 0 Å². The van der Waals surface area contributed by atoms with Gasteiger partial charge in [0.05, 0.1) is 4.90 Å². The van der Waals surface area contributed by atoms with Crippen molar-refractivity contribution in [1.82, 2.24) is 4.72 Å². The first-order valence-electron chi connectivity index (χ1n) is 7.00. The van der Waals surface area contributed by atoms with E-state index in [1.54, 1.807) is 0 Å². The number of hydrogen-bond acceptors (Lipinski definition) is 5. The summed E-state index contributed by atoms with van der Waals surface area (Å²) in [4.78, 5) is -0.115. The Labute approximate surface area is 130 Å². The van der Waals surface area contributed by atoms with Crippen molar-refractivity contribution in [3.63, 3.8) is 0 Å². The number of nitrogens with zero attached hydrogens (tertiary/aromatic N) is 2. The predicted molar refractivity (Wildman–Crippen MR) is 73.3 cm³/mol. The smallest absolute Gasteiger partial charge is 0.406 e. The highest BCUT2D eigenvalue weighted by molar-refractivity contribution is 7.89. The highest BCUT2D eigenvalue weighted by atomic mass is 32.2. The van der Waals surface area contributed by atoms with Gasteiger partial charge in [-0.3, -0.25) is 0 Å². The molecule has 1 spiro atoms. The molecule has 1 aliphatic heterocycles. The van der Waals surface area contributed by atoms with Crippen LogP contribution in [0.3, 0.4) is 0 Å². The molecule has 6 nitrogen and oxygen atoms in total. The Bertz CT molecular complexity index is 710. The summed E-state index contributed by atoms with van der Waals surface area (Å²) in [6.07, 6.45) is -1.97. The van der Waals surface area contributed by atoms with Crippen LogP contribution in [-0.2, 0) is 10.0 Å². The van der Waals surface area contributed by atoms with Crippen LogP contribution in [0.15, 0.2) is 39.4 Å². The molecule has 1 aliphatic carbocycles. The van der Waals surface area contributed by atoms with Crippen LogP contribution in [-0.4, -0.2) is 26.5 Å². The van der Waals surface area contributed by atoms with Crippen LogP contribution in [0.25, 0.3) is 0 Å². The molecule has 0 amide bonds. The van der Waals surface area contributed by atoms with Gasteiger partial charge in [0.1, 0.15) is 5.75 Å². The second kappa shape index (κ2) is 5.45. The lowest BCUT2D eigenvalue weighted by Gasteiger charge is -2.26. The molecule has 1 unspecified atom stereocenters. The van der Waals surface area contributed by atoms with Crippen LogP contribution in [0.4, 0.5) is 13.2 Å². The maximum Gasteiger partial charge on any atom is 0.573 e. The zero-order valence-electron chi connectivity index (χ0n) is 11.9. The predicted octanol–water partition coefficient (Wildman–Crippen LogP) is 2.97. The second-order valence-electron chi connectivity index (χ2n) is 5.62. The van der Waals surface area contributed by atoms with Gasteiger partial charge in [0.2, 0.25) is 10.0 Å². The molecule has 1 saturated carbocycles. The van der Waals surface area contributed by atoms with Crippen molar-refractivity contribution in [1.29, 1.82) is 0 Å². The number of ether oxygens (including phenoxy) is 1. The fraction of sp³-hybridized carbons (Fsp3) is 0.538. The molecule has 1 heterocycles. The van der Waals surface area contributed by atoms with Gasteiger partial charge in [-0.2, -0.15) is 10.2 Å². The Morgan fingerprint density at radius 2 is 1.87 bits per heavy atom. The lowest BCUT2D eigenvalue weighted by molar-refractivity contribution is -0.274. The van der Waals surface area contributed by atoms with E-state index in [9.17, 15) is 21.6 Å². The van der Waals surface area contributed by atoms with Crippen LogP contribution in [0.1, 0.15) is 25.7 Å². The molecule has 0 aromatic heterocycles. The van der Waals surface area contributed by atoms with Gasteiger partial charge in [-0.05, 0) is 43.5 Å². The Morgan fingerprint density at radius 1 is 1.22 bits per heavy atom. The average molecular weight is 349 g/mol. The number of nitrogens with one attached hydrogen (secondary N) is 1. The van der Waals surface area contributed by atoms with Gasteiger partial charge in [-0.15, -0.1) is 13.2 Å². The quantitative estimate of drug-likeness (QED) is 0.907. The molecule has 10 heteroatoms. The molecule has 1 aromatic rings. The van der Waals surface area contributed by atoms with Crippen molar-refractivity contribution in [2.75, 3.05) is 0 Å². The van der Waals surface area contributed by atoms with Crippen molar-refractivity contribution < 1.29 is 26.3 Å². The molecule has 23 heavy (non-hydrogen) atoms. The number of benzene rings is 1. The summed E-state index contributed by atoms with van der Waals surface area (Å²) < 4.78 is 67.1. The van der Waals surface area contributed by atoms with Crippen LogP contribution in [0.2, 0.25) is 0 Å². The van der Waals surface area contributed by atoms with E-state index in [1.165, 1.54) is 0 Å². The van der Waals surface area contributed by atoms with E-state index in [4.69, 9.17) is 0 Å². The lowest BCUT2D eigenvalue weighted by atomic mass is 9.89. The van der Waals surface area contributed by atoms with Gasteiger partial charge in [0, 0.05) is 12.5 Å². The number of rotatable bonds is 4. The van der Waals surface area contributed by atoms with E-state index in [0.717, 1.165) is 37.1 Å². The third kappa shape index (κ3) is 3.99. The maximum absolute atomic E-state index is 12.3. The zero-order chi connectivity index (χ0) is 16.7. The van der Waals surface area contributed by atoms with E-state index in [1.807, 2.05) is 0 Å². The maximum atomic E-state index is 12.3. The minimum absolute atomic E-state index is 0.115. The normalized spacial score (nSPS) is 23.0. The summed E-state index contributed by atoms with van der Waals surface area (Å²) in [5.74, 6) is -0.469. The van der Waals surface area contributed by atoms with Gasteiger partial charge < -0.3 is 4.74 Å². The Kier molecular flexibility index (Phi) is 3.83. The molecule has 3 rings (SSSR count). The summed E-state index contributed by atoms with van der Waals surface area (Å²) in [5.41, 5.74) is -0.421. The Hall–Kier alpha value is -1.68. The SMILES string of the molecule is O=S(=O)(NC1CCCC2(C1)N=N2)c1ccc(OC(F)(F)F)cc1. The zero-order valence-corrected chi connectivity index (χ0v) is 12.7. The molecule has 0 radical (unpaired) electrons. The number of alkyl halides is 3. The number of hydrogen-bond donors (Lipinski definition) is 1. The minimum Gasteiger partial charge on any atom is -0.406 e. The van der Waals surface area contributed by atoms with E-state index >= 15 is 0 Å². The van der Waals surface area contributed by atoms with Crippen molar-refractivity contribution in [2.45, 2.75) is 48.6 Å². The summed E-state index contributed by atoms with van der Waals surface area (Å²) in [7, 11) is -3.81. The van der Waals surface area contributed by atoms with E-state index < -0.39 is 27.8 Å². The summed E-state index contributed by atoms with van der Waals surface area (Å²) in [6.45, 7) is 0. The van der Waals surface area contributed by atoms with Crippen LogP contribution >= 0.6 is 0 Å². The molecule has 2 aliphatic rings. The molecular weight excluding hydrogens is 335 g/mol. The largest absolute Gasteiger partial charge is 0.573 e. The van der Waals surface area contributed by atoms with Gasteiger partial charge in [-0.1, -0.05) is 0 Å². The standard InChI is InChI=1S/C13H14F3N3O3S/c14-13(15,16)22-10-3-5-11(6-4-10)23(20,21)17-9-2-1-7-12(8-9)18-19-12/h3-6,9,17H,1-2,7-8H2. The average Bonchev–Trinajstić information content (AvgIpc) is 3.16. The van der Waals surface area contributed by atoms with E-state index in [0.29, 0.717) is 12.8 Å². The highest BCUT2D eigenvalue weighted by Crippen LogP contribution is 2.42. The molecule has 1 fully saturated rings. The van der Waals surface area contributed by atoms with Crippen LogP contribution in [0, 0.1) is 0 Å². The number of halogens is 3. The monoisotopic (exact) mass is 349 g/mol. The molecule has 0 bridgehead atoms. The molecule has 126 valence electrons. The number of sulfonamides is 1. The first-order chi connectivity index (χ1) is 10.7. The first-order valence-corrected chi connectivity index (χ1v) is 8.48. The molecule has 0 saturated heterocycles.